The molecular formula is C14H26. The van der Waals surface area contributed by atoms with E-state index in [1.165, 1.54) is 25.7 Å². The molecule has 0 radical (unpaired) electrons. The highest BCUT2D eigenvalue weighted by atomic mass is 14.6. The fraction of sp³-hybridized carbons (Fsp3) is 1.00. The first-order valence-electron chi connectivity index (χ1n) is 6.63. The van der Waals surface area contributed by atoms with E-state index in [2.05, 4.69) is 27.7 Å². The molecule has 0 heteroatoms. The Labute approximate surface area is 89.5 Å². The van der Waals surface area contributed by atoms with Gasteiger partial charge in [-0.1, -0.05) is 40.5 Å². The van der Waals surface area contributed by atoms with E-state index in [0.717, 1.165) is 29.1 Å². The Morgan fingerprint density at radius 1 is 1.21 bits per heavy atom. The molecule has 0 aromatic carbocycles. The van der Waals surface area contributed by atoms with E-state index < -0.39 is 0 Å². The van der Waals surface area contributed by atoms with Crippen molar-refractivity contribution in [3.8, 4) is 0 Å². The molecule has 14 heavy (non-hydrogen) atoms. The quantitative estimate of drug-likeness (QED) is 0.618. The van der Waals surface area contributed by atoms with E-state index in [1.807, 2.05) is 0 Å². The van der Waals surface area contributed by atoms with Crippen LogP contribution < -0.4 is 0 Å². The van der Waals surface area contributed by atoms with Gasteiger partial charge < -0.3 is 0 Å². The predicted octanol–water partition coefficient (Wildman–Crippen LogP) is 4.49. The number of hydrogen-bond donors (Lipinski definition) is 0. The van der Waals surface area contributed by atoms with Crippen LogP contribution in [0.1, 0.15) is 59.8 Å². The van der Waals surface area contributed by atoms with E-state index in [4.69, 9.17) is 0 Å². The SMILES string of the molecule is CCC(C)C(CC)C1(C)CC2CCC21. The van der Waals surface area contributed by atoms with Crippen LogP contribution >= 0.6 is 0 Å². The molecule has 0 aromatic rings. The zero-order valence-corrected chi connectivity index (χ0v) is 10.3. The maximum atomic E-state index is 2.58. The molecule has 0 amide bonds. The minimum Gasteiger partial charge on any atom is -0.0651 e. The fourth-order valence-corrected chi connectivity index (χ4v) is 4.47. The molecule has 0 aliphatic heterocycles. The van der Waals surface area contributed by atoms with Gasteiger partial charge >= 0.3 is 0 Å². The molecule has 2 fully saturated rings. The maximum Gasteiger partial charge on any atom is -0.0261 e. The van der Waals surface area contributed by atoms with Crippen LogP contribution in [0.2, 0.25) is 0 Å². The van der Waals surface area contributed by atoms with Gasteiger partial charge in [-0.2, -0.15) is 0 Å². The molecule has 5 unspecified atom stereocenters. The summed E-state index contributed by atoms with van der Waals surface area (Å²) in [5, 5.41) is 0. The second-order valence-electron chi connectivity index (χ2n) is 6.05. The van der Waals surface area contributed by atoms with Crippen molar-refractivity contribution in [2.45, 2.75) is 59.8 Å². The molecule has 82 valence electrons. The third-order valence-electron chi connectivity index (χ3n) is 5.58. The van der Waals surface area contributed by atoms with Crippen molar-refractivity contribution in [1.29, 1.82) is 0 Å². The van der Waals surface area contributed by atoms with Crippen molar-refractivity contribution in [2.75, 3.05) is 0 Å². The van der Waals surface area contributed by atoms with Gasteiger partial charge in [0.25, 0.3) is 0 Å². The van der Waals surface area contributed by atoms with Crippen molar-refractivity contribution < 1.29 is 0 Å². The normalized spacial score (nSPS) is 44.6. The summed E-state index contributed by atoms with van der Waals surface area (Å²) >= 11 is 0. The zero-order chi connectivity index (χ0) is 10.3. The summed E-state index contributed by atoms with van der Waals surface area (Å²) in [6.45, 7) is 9.79. The van der Waals surface area contributed by atoms with E-state index >= 15 is 0 Å². The molecule has 0 N–H and O–H groups in total. The van der Waals surface area contributed by atoms with Gasteiger partial charge in [-0.3, -0.25) is 0 Å². The van der Waals surface area contributed by atoms with Gasteiger partial charge in [0.15, 0.2) is 0 Å². The van der Waals surface area contributed by atoms with Crippen molar-refractivity contribution in [3.63, 3.8) is 0 Å². The molecule has 2 saturated carbocycles. The summed E-state index contributed by atoms with van der Waals surface area (Å²) < 4.78 is 0. The highest BCUT2D eigenvalue weighted by Crippen LogP contribution is 2.66. The van der Waals surface area contributed by atoms with E-state index in [1.54, 1.807) is 6.42 Å². The molecule has 0 nitrogen and oxygen atoms in total. The van der Waals surface area contributed by atoms with E-state index in [9.17, 15) is 0 Å². The van der Waals surface area contributed by atoms with Gasteiger partial charge in [0.05, 0.1) is 0 Å². The Morgan fingerprint density at radius 3 is 2.21 bits per heavy atom. The van der Waals surface area contributed by atoms with Crippen LogP contribution in [-0.4, -0.2) is 0 Å². The minimum atomic E-state index is 0.729. The number of fused-ring (bicyclic) bond motifs is 1. The molecule has 5 atom stereocenters. The van der Waals surface area contributed by atoms with Crippen LogP contribution in [0.4, 0.5) is 0 Å². The molecule has 0 bridgehead atoms. The summed E-state index contributed by atoms with van der Waals surface area (Å²) in [4.78, 5) is 0. The predicted molar refractivity (Wildman–Crippen MR) is 62.2 cm³/mol. The number of hydrogen-bond acceptors (Lipinski definition) is 0. The van der Waals surface area contributed by atoms with Gasteiger partial charge in [-0.15, -0.1) is 0 Å². The molecule has 2 aliphatic rings. The zero-order valence-electron chi connectivity index (χ0n) is 10.3. The summed E-state index contributed by atoms with van der Waals surface area (Å²) in [5.74, 6) is 4.18. The third kappa shape index (κ3) is 1.26. The maximum absolute atomic E-state index is 2.58. The lowest BCUT2D eigenvalue weighted by Crippen LogP contribution is -2.56. The van der Waals surface area contributed by atoms with Crippen LogP contribution in [0.5, 0.6) is 0 Å². The monoisotopic (exact) mass is 194 g/mol. The van der Waals surface area contributed by atoms with Crippen LogP contribution in [0.15, 0.2) is 0 Å². The van der Waals surface area contributed by atoms with Gasteiger partial charge in [-0.25, -0.2) is 0 Å². The average molecular weight is 194 g/mol. The number of rotatable bonds is 4. The molecule has 2 aliphatic carbocycles. The Balaban J connectivity index is 2.04. The highest BCUT2D eigenvalue weighted by Gasteiger charge is 2.58. The van der Waals surface area contributed by atoms with Crippen molar-refractivity contribution in [1.82, 2.24) is 0 Å². The Morgan fingerprint density at radius 2 is 1.93 bits per heavy atom. The van der Waals surface area contributed by atoms with Gasteiger partial charge in [0.2, 0.25) is 0 Å². The minimum absolute atomic E-state index is 0.729. The molecular weight excluding hydrogens is 168 g/mol. The second-order valence-corrected chi connectivity index (χ2v) is 6.05. The van der Waals surface area contributed by atoms with Gasteiger partial charge in [0.1, 0.15) is 0 Å². The topological polar surface area (TPSA) is 0 Å². The van der Waals surface area contributed by atoms with Crippen LogP contribution in [0.25, 0.3) is 0 Å². The lowest BCUT2D eigenvalue weighted by Gasteiger charge is -2.64. The Hall–Kier alpha value is 0. The van der Waals surface area contributed by atoms with E-state index in [0.29, 0.717) is 0 Å². The first-order chi connectivity index (χ1) is 6.63. The molecule has 0 saturated heterocycles. The molecule has 0 spiro atoms. The molecule has 2 rings (SSSR count). The van der Waals surface area contributed by atoms with Crippen LogP contribution in [0.3, 0.4) is 0 Å². The van der Waals surface area contributed by atoms with Crippen molar-refractivity contribution in [2.24, 2.45) is 29.1 Å². The summed E-state index contributed by atoms with van der Waals surface area (Å²) in [7, 11) is 0. The standard InChI is InChI=1S/C14H26/c1-5-10(3)12(6-2)14(4)9-11-7-8-13(11)14/h10-13H,5-9H2,1-4H3. The van der Waals surface area contributed by atoms with Gasteiger partial charge in [0, 0.05) is 0 Å². The largest absolute Gasteiger partial charge is 0.0651 e. The Bertz CT molecular complexity index is 208. The first-order valence-corrected chi connectivity index (χ1v) is 6.63. The second kappa shape index (κ2) is 3.54. The van der Waals surface area contributed by atoms with Gasteiger partial charge in [-0.05, 0) is 48.3 Å². The molecule has 0 heterocycles. The highest BCUT2D eigenvalue weighted by molar-refractivity contribution is 5.07. The summed E-state index contributed by atoms with van der Waals surface area (Å²) in [6, 6.07) is 0. The van der Waals surface area contributed by atoms with E-state index in [-0.39, 0.29) is 0 Å². The first kappa shape index (κ1) is 10.5. The smallest absolute Gasteiger partial charge is 0.0261 e. The lowest BCUT2D eigenvalue weighted by atomic mass is 9.40. The third-order valence-corrected chi connectivity index (χ3v) is 5.58. The van der Waals surface area contributed by atoms with Crippen molar-refractivity contribution >= 4 is 0 Å². The summed E-state index contributed by atoms with van der Waals surface area (Å²) in [5.41, 5.74) is 0.729. The lowest BCUT2D eigenvalue weighted by molar-refractivity contribution is -0.153. The van der Waals surface area contributed by atoms with Crippen LogP contribution in [0, 0.1) is 29.1 Å². The van der Waals surface area contributed by atoms with Crippen LogP contribution in [-0.2, 0) is 0 Å². The molecule has 0 aromatic heterocycles. The Kier molecular flexibility index (Phi) is 2.66. The fourth-order valence-electron chi connectivity index (χ4n) is 4.47. The average Bonchev–Trinajstić information content (AvgIpc) is 2.14. The van der Waals surface area contributed by atoms with Crippen molar-refractivity contribution in [3.05, 3.63) is 0 Å². The summed E-state index contributed by atoms with van der Waals surface area (Å²) in [6.07, 6.45) is 7.38.